The maximum Gasteiger partial charge on any atom is 0.127 e. The molecule has 0 aliphatic rings. The topological polar surface area (TPSA) is 18.5 Å². The third-order valence-corrected chi connectivity index (χ3v) is 7.59. The van der Waals surface area contributed by atoms with E-state index in [4.69, 9.17) is 9.47 Å². The molecule has 2 nitrogen and oxygen atoms in total. The standard InChI is InChI=1S/C22H23BrO2Si/c1-26(2,22-9-4-3-5-10-22)17-24-16-18-7-6-8-21(15-18)25-20-13-11-19(23)12-14-20/h3-15H,16-17H2,1-2H3. The lowest BCUT2D eigenvalue weighted by molar-refractivity contribution is 0.160. The van der Waals surface area contributed by atoms with Crippen LogP contribution < -0.4 is 9.92 Å². The first-order valence-electron chi connectivity index (χ1n) is 8.69. The Morgan fingerprint density at radius 3 is 2.27 bits per heavy atom. The van der Waals surface area contributed by atoms with Gasteiger partial charge in [0.2, 0.25) is 0 Å². The Morgan fingerprint density at radius 2 is 1.54 bits per heavy atom. The molecule has 0 heterocycles. The summed E-state index contributed by atoms with van der Waals surface area (Å²) in [6.07, 6.45) is 0.800. The highest BCUT2D eigenvalue weighted by Crippen LogP contribution is 2.24. The minimum atomic E-state index is -1.57. The quantitative estimate of drug-likeness (QED) is 0.436. The number of benzene rings is 3. The predicted molar refractivity (Wildman–Crippen MR) is 114 cm³/mol. The molecule has 0 N–H and O–H groups in total. The fourth-order valence-electron chi connectivity index (χ4n) is 2.73. The molecular formula is C22H23BrO2Si. The van der Waals surface area contributed by atoms with Gasteiger partial charge in [0.15, 0.2) is 0 Å². The van der Waals surface area contributed by atoms with Gasteiger partial charge < -0.3 is 9.47 Å². The van der Waals surface area contributed by atoms with Crippen molar-refractivity contribution in [2.24, 2.45) is 0 Å². The summed E-state index contributed by atoms with van der Waals surface area (Å²) >= 11 is 3.43. The van der Waals surface area contributed by atoms with E-state index >= 15 is 0 Å². The van der Waals surface area contributed by atoms with Crippen molar-refractivity contribution in [3.8, 4) is 11.5 Å². The molecule has 0 amide bonds. The Morgan fingerprint density at radius 1 is 0.808 bits per heavy atom. The summed E-state index contributed by atoms with van der Waals surface area (Å²) in [5.74, 6) is 1.65. The minimum absolute atomic E-state index is 0.598. The lowest BCUT2D eigenvalue weighted by Gasteiger charge is -2.22. The Kier molecular flexibility index (Phi) is 6.30. The third-order valence-electron chi connectivity index (χ3n) is 4.23. The van der Waals surface area contributed by atoms with Gasteiger partial charge in [0.1, 0.15) is 19.6 Å². The van der Waals surface area contributed by atoms with Crippen molar-refractivity contribution in [3.63, 3.8) is 0 Å². The van der Waals surface area contributed by atoms with Gasteiger partial charge in [0, 0.05) is 10.7 Å². The van der Waals surface area contributed by atoms with Crippen molar-refractivity contribution in [1.29, 1.82) is 0 Å². The van der Waals surface area contributed by atoms with E-state index in [0.29, 0.717) is 6.61 Å². The van der Waals surface area contributed by atoms with Crippen LogP contribution in [0.15, 0.2) is 83.3 Å². The normalized spacial score (nSPS) is 11.3. The van der Waals surface area contributed by atoms with E-state index in [9.17, 15) is 0 Å². The maximum atomic E-state index is 6.06. The highest BCUT2D eigenvalue weighted by atomic mass is 79.9. The monoisotopic (exact) mass is 426 g/mol. The molecule has 3 aromatic carbocycles. The molecule has 0 saturated carbocycles. The number of hydrogen-bond donors (Lipinski definition) is 0. The molecule has 0 bridgehead atoms. The highest BCUT2D eigenvalue weighted by Gasteiger charge is 2.23. The van der Waals surface area contributed by atoms with Gasteiger partial charge in [0.05, 0.1) is 6.61 Å². The summed E-state index contributed by atoms with van der Waals surface area (Å²) in [7, 11) is -1.57. The highest BCUT2D eigenvalue weighted by molar-refractivity contribution is 9.10. The second-order valence-corrected chi connectivity index (χ2v) is 12.5. The zero-order valence-corrected chi connectivity index (χ0v) is 17.7. The van der Waals surface area contributed by atoms with Gasteiger partial charge >= 0.3 is 0 Å². The summed E-state index contributed by atoms with van der Waals surface area (Å²) in [6, 6.07) is 26.6. The summed E-state index contributed by atoms with van der Waals surface area (Å²) in [5, 5.41) is 1.42. The number of rotatable bonds is 7. The molecule has 134 valence electrons. The second kappa shape index (κ2) is 8.67. The minimum Gasteiger partial charge on any atom is -0.457 e. The van der Waals surface area contributed by atoms with Crippen molar-refractivity contribution in [3.05, 3.63) is 88.9 Å². The van der Waals surface area contributed by atoms with Gasteiger partial charge in [0.25, 0.3) is 0 Å². The Hall–Kier alpha value is -1.88. The first-order valence-corrected chi connectivity index (χ1v) is 12.7. The largest absolute Gasteiger partial charge is 0.457 e. The van der Waals surface area contributed by atoms with Crippen LogP contribution in [0.2, 0.25) is 13.1 Å². The van der Waals surface area contributed by atoms with Crippen molar-refractivity contribution < 1.29 is 9.47 Å². The smallest absolute Gasteiger partial charge is 0.127 e. The summed E-state index contributed by atoms with van der Waals surface area (Å²) in [6.45, 7) is 5.28. The molecule has 0 aliphatic carbocycles. The molecule has 4 heteroatoms. The molecule has 0 fully saturated rings. The SMILES string of the molecule is C[Si](C)(COCc1cccc(Oc2ccc(Br)cc2)c1)c1ccccc1. The Labute approximate surface area is 164 Å². The number of halogens is 1. The Balaban J connectivity index is 1.58. The maximum absolute atomic E-state index is 6.06. The first kappa shape index (κ1) is 18.9. The van der Waals surface area contributed by atoms with E-state index in [1.807, 2.05) is 42.5 Å². The average molecular weight is 427 g/mol. The van der Waals surface area contributed by atoms with Crippen LogP contribution in [-0.2, 0) is 11.3 Å². The van der Waals surface area contributed by atoms with E-state index in [0.717, 1.165) is 27.8 Å². The Bertz CT molecular complexity index is 832. The molecule has 26 heavy (non-hydrogen) atoms. The molecule has 0 radical (unpaired) electrons. The van der Waals surface area contributed by atoms with Gasteiger partial charge in [-0.25, -0.2) is 0 Å². The molecule has 0 spiro atoms. The van der Waals surface area contributed by atoms with Crippen LogP contribution in [-0.4, -0.2) is 14.3 Å². The lowest BCUT2D eigenvalue weighted by atomic mass is 10.2. The van der Waals surface area contributed by atoms with Gasteiger partial charge in [-0.3, -0.25) is 0 Å². The second-order valence-electron chi connectivity index (χ2n) is 6.95. The van der Waals surface area contributed by atoms with Crippen LogP contribution in [0.1, 0.15) is 5.56 Å². The molecule has 3 rings (SSSR count). The predicted octanol–water partition coefficient (Wildman–Crippen LogP) is 5.91. The van der Waals surface area contributed by atoms with Crippen LogP contribution in [0.4, 0.5) is 0 Å². The molecule has 0 atom stereocenters. The first-order chi connectivity index (χ1) is 12.5. The summed E-state index contributed by atoms with van der Waals surface area (Å²) in [5.41, 5.74) is 1.12. The van der Waals surface area contributed by atoms with Crippen molar-refractivity contribution >= 4 is 29.2 Å². The molecule has 0 aliphatic heterocycles. The molecular weight excluding hydrogens is 404 g/mol. The van der Waals surface area contributed by atoms with Crippen molar-refractivity contribution in [2.75, 3.05) is 6.23 Å². The summed E-state index contributed by atoms with van der Waals surface area (Å²) in [4.78, 5) is 0. The molecule has 0 aromatic heterocycles. The molecule has 0 unspecified atom stereocenters. The zero-order valence-electron chi connectivity index (χ0n) is 15.1. The van der Waals surface area contributed by atoms with Crippen molar-refractivity contribution in [2.45, 2.75) is 19.7 Å². The van der Waals surface area contributed by atoms with E-state index in [1.54, 1.807) is 0 Å². The van der Waals surface area contributed by atoms with Gasteiger partial charge in [-0.15, -0.1) is 0 Å². The van der Waals surface area contributed by atoms with Crippen LogP contribution in [0.5, 0.6) is 11.5 Å². The van der Waals surface area contributed by atoms with Crippen molar-refractivity contribution in [1.82, 2.24) is 0 Å². The molecule has 3 aromatic rings. The van der Waals surface area contributed by atoms with E-state index < -0.39 is 8.07 Å². The average Bonchev–Trinajstić information content (AvgIpc) is 2.65. The lowest BCUT2D eigenvalue weighted by Crippen LogP contribution is -2.46. The van der Waals surface area contributed by atoms with Crippen LogP contribution in [0, 0.1) is 0 Å². The molecule has 0 saturated heterocycles. The fourth-order valence-corrected chi connectivity index (χ4v) is 4.87. The summed E-state index contributed by atoms with van der Waals surface area (Å²) < 4.78 is 13.0. The van der Waals surface area contributed by atoms with Crippen LogP contribution >= 0.6 is 15.9 Å². The number of ether oxygens (including phenoxy) is 2. The van der Waals surface area contributed by atoms with Gasteiger partial charge in [-0.05, 0) is 42.0 Å². The van der Waals surface area contributed by atoms with E-state index in [-0.39, 0.29) is 0 Å². The van der Waals surface area contributed by atoms with Gasteiger partial charge in [-0.1, -0.05) is 76.7 Å². The fraction of sp³-hybridized carbons (Fsp3) is 0.182. The third kappa shape index (κ3) is 5.31. The van der Waals surface area contributed by atoms with Crippen LogP contribution in [0.3, 0.4) is 0 Å². The van der Waals surface area contributed by atoms with E-state index in [1.165, 1.54) is 5.19 Å². The number of hydrogen-bond acceptors (Lipinski definition) is 2. The van der Waals surface area contributed by atoms with Crippen LogP contribution in [0.25, 0.3) is 0 Å². The van der Waals surface area contributed by atoms with E-state index in [2.05, 4.69) is 65.4 Å². The van der Waals surface area contributed by atoms with Gasteiger partial charge in [-0.2, -0.15) is 0 Å². The zero-order chi connectivity index (χ0) is 18.4.